The summed E-state index contributed by atoms with van der Waals surface area (Å²) in [6, 6.07) is 4.07. The van der Waals surface area contributed by atoms with E-state index in [4.69, 9.17) is 65.8 Å². The number of carbonyl (C=O) groups is 6. The highest BCUT2D eigenvalue weighted by Gasteiger charge is 2.54. The van der Waals surface area contributed by atoms with E-state index in [1.807, 2.05) is 11.8 Å². The van der Waals surface area contributed by atoms with Gasteiger partial charge in [-0.3, -0.25) is 33.9 Å². The molecule has 3 aliphatic heterocycles. The number of carbonyl (C=O) groups excluding carboxylic acids is 6. The van der Waals surface area contributed by atoms with E-state index in [1.54, 1.807) is 99.6 Å². The van der Waals surface area contributed by atoms with Gasteiger partial charge in [0.15, 0.2) is 29.2 Å². The van der Waals surface area contributed by atoms with Crippen molar-refractivity contribution in [2.45, 2.75) is 148 Å². The van der Waals surface area contributed by atoms with Crippen LogP contribution in [0.3, 0.4) is 0 Å². The Balaban J connectivity index is 1.42. The molecule has 2 aromatic rings. The van der Waals surface area contributed by atoms with Crippen molar-refractivity contribution >= 4 is 58.7 Å². The van der Waals surface area contributed by atoms with Crippen LogP contribution in [0.15, 0.2) is 30.6 Å². The fourth-order valence-electron chi connectivity index (χ4n) is 11.2. The Kier molecular flexibility index (Phi) is 25.0. The van der Waals surface area contributed by atoms with E-state index in [1.165, 1.54) is 31.5 Å². The maximum absolute atomic E-state index is 14.9. The number of nitrogens with one attached hydrogen (secondary N) is 1. The van der Waals surface area contributed by atoms with Crippen molar-refractivity contribution in [1.29, 1.82) is 0 Å². The molecule has 2 amide bonds. The summed E-state index contributed by atoms with van der Waals surface area (Å²) < 4.78 is 55.8. The smallest absolute Gasteiger partial charge is 0.407 e. The Labute approximate surface area is 487 Å². The van der Waals surface area contributed by atoms with Crippen LogP contribution in [0.2, 0.25) is 10.0 Å². The van der Waals surface area contributed by atoms with Gasteiger partial charge in [0.25, 0.3) is 0 Å². The molecule has 0 bridgehead atoms. The number of morpholine rings is 1. The van der Waals surface area contributed by atoms with Crippen molar-refractivity contribution in [1.82, 2.24) is 25.0 Å². The third kappa shape index (κ3) is 17.2. The molecule has 2 N–H and O–H groups in total. The van der Waals surface area contributed by atoms with Gasteiger partial charge in [0.2, 0.25) is 5.91 Å². The van der Waals surface area contributed by atoms with Crippen LogP contribution in [0.25, 0.3) is 0 Å². The van der Waals surface area contributed by atoms with Crippen LogP contribution < -0.4 is 14.8 Å². The normalized spacial score (nSPS) is 30.8. The molecule has 23 heteroatoms. The monoisotopic (exact) mass is 1180 g/mol. The number of ether oxygens (including phenoxy) is 9. The average molecular weight is 1180 g/mol. The number of rotatable bonds is 20. The van der Waals surface area contributed by atoms with Crippen molar-refractivity contribution in [3.05, 3.63) is 51.8 Å². The van der Waals surface area contributed by atoms with Gasteiger partial charge in [0.1, 0.15) is 24.1 Å². The highest BCUT2D eigenvalue weighted by molar-refractivity contribution is 6.36. The van der Waals surface area contributed by atoms with Crippen LogP contribution in [0.1, 0.15) is 104 Å². The van der Waals surface area contributed by atoms with E-state index in [0.717, 1.165) is 0 Å². The summed E-state index contributed by atoms with van der Waals surface area (Å²) in [6.45, 7) is 17.6. The Hall–Kier alpha value is -4.71. The minimum atomic E-state index is -1.61. The lowest BCUT2D eigenvalue weighted by atomic mass is 9.71. The summed E-state index contributed by atoms with van der Waals surface area (Å²) in [7, 11) is 8.13. The molecule has 454 valence electrons. The molecule has 21 nitrogen and oxygen atoms in total. The van der Waals surface area contributed by atoms with E-state index < -0.39 is 102 Å². The first kappa shape index (κ1) is 67.1. The van der Waals surface area contributed by atoms with E-state index in [-0.39, 0.29) is 79.4 Å². The van der Waals surface area contributed by atoms with E-state index in [0.29, 0.717) is 55.4 Å². The predicted octanol–water partition coefficient (Wildman–Crippen LogP) is 6.47. The van der Waals surface area contributed by atoms with Crippen LogP contribution in [0.5, 0.6) is 11.5 Å². The number of likely N-dealkylation sites (N-methyl/N-ethyl adjacent to an activating group) is 2. The van der Waals surface area contributed by atoms with Crippen molar-refractivity contribution < 1.29 is 76.5 Å². The average Bonchev–Trinajstić information content (AvgIpc) is 3.43. The molecule has 3 aliphatic rings. The standard InChI is InChI=1S/C58H87Cl2N5O16/c1-15-47-58(9,81-56(72)62-19-16-22-76-46-26-39(17-18-45(46)73-13)44(66)27-40-41(59)29-61-30-42(40)60)38(7)35(4)50(69)33(2)28-57(8,74-14)53(80-55-51(70)43(25-34(3)77-55)64(12)48(67)31-63(10)11)36(5)52(37(6)54(71)78-47)79-49(68)32-65-20-23-75-24-21-65/h17-18,26,29-30,33-38,43,47,51-53,55,70H,15-16,19-25,27-28,31-32H2,1-14H3,(H,62,72)/t33-,34-,35-,36+,37-,38-,43+,47-,51-,52+,53-,55+,57-,58+/m1/s1. The fraction of sp³-hybridized carbons (Fsp3) is 0.707. The number of halogens is 2. The van der Waals surface area contributed by atoms with Crippen LogP contribution in [0.4, 0.5) is 4.79 Å². The number of alkyl carbamates (subject to hydrolysis) is 1. The molecule has 1 aromatic carbocycles. The number of aromatic nitrogens is 1. The maximum Gasteiger partial charge on any atom is 0.407 e. The number of aliphatic hydroxyl groups is 1. The second kappa shape index (κ2) is 30.2. The van der Waals surface area contributed by atoms with Gasteiger partial charge in [-0.2, -0.15) is 0 Å². The van der Waals surface area contributed by atoms with Gasteiger partial charge >= 0.3 is 18.0 Å². The first-order valence-electron chi connectivity index (χ1n) is 28.0. The fourth-order valence-corrected chi connectivity index (χ4v) is 11.7. The number of hydrogen-bond donors (Lipinski definition) is 2. The largest absolute Gasteiger partial charge is 0.493 e. The highest BCUT2D eigenvalue weighted by atomic mass is 35.5. The first-order chi connectivity index (χ1) is 38.2. The topological polar surface area (TPSA) is 240 Å². The highest BCUT2D eigenvalue weighted by Crippen LogP contribution is 2.42. The number of pyridine rings is 1. The minimum absolute atomic E-state index is 0.0455. The zero-order valence-electron chi connectivity index (χ0n) is 49.6. The van der Waals surface area contributed by atoms with Gasteiger partial charge < -0.3 is 62.9 Å². The Morgan fingerprint density at radius 3 is 2.23 bits per heavy atom. The van der Waals surface area contributed by atoms with Crippen LogP contribution in [0, 0.1) is 29.6 Å². The number of hydrogen-bond acceptors (Lipinski definition) is 19. The van der Waals surface area contributed by atoms with Gasteiger partial charge in [0, 0.05) is 87.4 Å². The van der Waals surface area contributed by atoms with Crippen molar-refractivity contribution in [3.8, 4) is 11.5 Å². The van der Waals surface area contributed by atoms with Crippen LogP contribution >= 0.6 is 23.2 Å². The summed E-state index contributed by atoms with van der Waals surface area (Å²) >= 11 is 12.6. The molecule has 0 spiro atoms. The van der Waals surface area contributed by atoms with Gasteiger partial charge in [-0.25, -0.2) is 4.79 Å². The predicted molar refractivity (Wildman–Crippen MR) is 301 cm³/mol. The molecule has 0 saturated carbocycles. The molecule has 4 heterocycles. The van der Waals surface area contributed by atoms with Gasteiger partial charge in [-0.15, -0.1) is 0 Å². The number of methoxy groups -OCH3 is 2. The second-order valence-corrected chi connectivity index (χ2v) is 23.4. The summed E-state index contributed by atoms with van der Waals surface area (Å²) in [5.74, 6) is -5.81. The maximum atomic E-state index is 14.9. The van der Waals surface area contributed by atoms with E-state index >= 15 is 0 Å². The molecule has 81 heavy (non-hydrogen) atoms. The molecule has 0 unspecified atom stereocenters. The zero-order chi connectivity index (χ0) is 60.1. The molecule has 3 fully saturated rings. The quantitative estimate of drug-likeness (QED) is 0.0625. The Morgan fingerprint density at radius 1 is 0.951 bits per heavy atom. The number of nitrogens with zero attached hydrogens (tertiary/aromatic N) is 4. The first-order valence-corrected chi connectivity index (χ1v) is 28.7. The zero-order valence-corrected chi connectivity index (χ0v) is 51.1. The Bertz CT molecular complexity index is 2450. The third-order valence-corrected chi connectivity index (χ3v) is 17.0. The third-order valence-electron chi connectivity index (χ3n) is 16.4. The molecule has 1 aromatic heterocycles. The molecule has 5 rings (SSSR count). The Morgan fingerprint density at radius 2 is 1.62 bits per heavy atom. The van der Waals surface area contributed by atoms with E-state index in [9.17, 15) is 33.9 Å². The lowest BCUT2D eigenvalue weighted by Gasteiger charge is -2.49. The van der Waals surface area contributed by atoms with Crippen molar-refractivity contribution in [2.24, 2.45) is 29.6 Å². The van der Waals surface area contributed by atoms with Gasteiger partial charge in [0.05, 0.1) is 79.8 Å². The summed E-state index contributed by atoms with van der Waals surface area (Å²) in [4.78, 5) is 93.7. The number of amides is 2. The number of esters is 2. The lowest BCUT2D eigenvalue weighted by Crippen LogP contribution is -2.61. The van der Waals surface area contributed by atoms with E-state index in [2.05, 4.69) is 10.3 Å². The molecular weight excluding hydrogens is 1090 g/mol. The van der Waals surface area contributed by atoms with Crippen LogP contribution in [-0.2, 0) is 58.8 Å². The minimum Gasteiger partial charge on any atom is -0.493 e. The van der Waals surface area contributed by atoms with Gasteiger partial charge in [-0.05, 0) is 85.7 Å². The number of benzene rings is 1. The summed E-state index contributed by atoms with van der Waals surface area (Å²) in [5.41, 5.74) is -2.22. The summed E-state index contributed by atoms with van der Waals surface area (Å²) in [6.07, 6.45) is -3.99. The molecular formula is C58H87Cl2N5O16. The van der Waals surface area contributed by atoms with Gasteiger partial charge in [-0.1, -0.05) is 57.8 Å². The van der Waals surface area contributed by atoms with Crippen LogP contribution in [-0.4, -0.2) is 202 Å². The molecule has 0 radical (unpaired) electrons. The number of ketones is 2. The number of Topliss-reactive ketones (excluding diaryl/α,β-unsaturated/α-hetero) is 2. The molecule has 3 saturated heterocycles. The second-order valence-electron chi connectivity index (χ2n) is 22.6. The summed E-state index contributed by atoms with van der Waals surface area (Å²) in [5, 5.41) is 15.4. The van der Waals surface area contributed by atoms with Crippen molar-refractivity contribution in [3.63, 3.8) is 0 Å². The number of aliphatic hydroxyl groups excluding tert-OH is 1. The molecule has 0 aliphatic carbocycles. The number of cyclic esters (lactones) is 1. The lowest BCUT2D eigenvalue weighted by molar-refractivity contribution is -0.301. The van der Waals surface area contributed by atoms with Crippen molar-refractivity contribution in [2.75, 3.05) is 87.9 Å². The molecule has 14 atom stereocenters. The SMILES string of the molecule is CC[C@H]1OC(=O)[C@H](C)[C@@H](OC(=O)CN2CCOCC2)[C@H](C)[C@@H](O[C@@H]2O[C@H](C)C[C@H](N(C)C(=O)CN(C)C)[C@H]2O)[C@](C)(OC)C[C@@H](C)C(=O)[C@H](C)[C@@H](C)[C@]1(C)OC(=O)NCCCOc1cc(C(=O)Cc2c(Cl)cncc2Cl)ccc1OC.